The number of hydrogen-bond acceptors (Lipinski definition) is 4. The summed E-state index contributed by atoms with van der Waals surface area (Å²) in [6.07, 6.45) is 10.5. The maximum atomic E-state index is 5.93. The van der Waals surface area contributed by atoms with Crippen molar-refractivity contribution in [1.29, 1.82) is 0 Å². The molecule has 0 aliphatic heterocycles. The minimum Gasteiger partial charge on any atom is -0.330 e. The zero-order valence-corrected chi connectivity index (χ0v) is 19.5. The molecule has 1 aliphatic rings. The van der Waals surface area contributed by atoms with Gasteiger partial charge in [-0.05, 0) is 68.3 Å². The minimum absolute atomic E-state index is 0.458. The van der Waals surface area contributed by atoms with Crippen molar-refractivity contribution in [3.8, 4) is 22.4 Å². The fourth-order valence-electron chi connectivity index (χ4n) is 5.48. The van der Waals surface area contributed by atoms with Gasteiger partial charge in [-0.25, -0.2) is 15.0 Å². The first-order valence-corrected chi connectivity index (χ1v) is 12.2. The van der Waals surface area contributed by atoms with Crippen LogP contribution in [0.1, 0.15) is 37.3 Å². The summed E-state index contributed by atoms with van der Waals surface area (Å²) in [5.41, 5.74) is 13.7. The zero-order chi connectivity index (χ0) is 23.1. The molecule has 6 rings (SSSR count). The molecule has 0 saturated heterocycles. The summed E-state index contributed by atoms with van der Waals surface area (Å²) in [5.74, 6) is 0.654. The van der Waals surface area contributed by atoms with E-state index >= 15 is 0 Å². The second-order valence-electron chi connectivity index (χ2n) is 9.54. The topological polar surface area (TPSA) is 69.6 Å². The Balaban J connectivity index is 1.45. The molecule has 0 spiro atoms. The molecule has 2 aromatic carbocycles. The average molecular weight is 448 g/mol. The lowest BCUT2D eigenvalue weighted by atomic mass is 9.86. The fourth-order valence-corrected chi connectivity index (χ4v) is 5.48. The molecule has 2 N–H and O–H groups in total. The molecule has 5 heteroatoms. The summed E-state index contributed by atoms with van der Waals surface area (Å²) in [6, 6.07) is 19.6. The lowest BCUT2D eigenvalue weighted by molar-refractivity contribution is 0.283. The molecule has 0 amide bonds. The van der Waals surface area contributed by atoms with Crippen molar-refractivity contribution in [2.24, 2.45) is 11.7 Å². The molecular weight excluding hydrogens is 418 g/mol. The Morgan fingerprint density at radius 3 is 2.56 bits per heavy atom. The number of aromatic nitrogens is 4. The van der Waals surface area contributed by atoms with Gasteiger partial charge in [0, 0.05) is 40.3 Å². The molecule has 1 fully saturated rings. The quantitative estimate of drug-likeness (QED) is 0.350. The number of hydrogen-bond donors (Lipinski definition) is 1. The van der Waals surface area contributed by atoms with Gasteiger partial charge in [0.2, 0.25) is 0 Å². The van der Waals surface area contributed by atoms with Gasteiger partial charge < -0.3 is 10.3 Å². The minimum atomic E-state index is 0.458. The smallest absolute Gasteiger partial charge is 0.144 e. The van der Waals surface area contributed by atoms with Crippen molar-refractivity contribution in [2.75, 3.05) is 6.54 Å². The van der Waals surface area contributed by atoms with E-state index in [2.05, 4.69) is 76.2 Å². The summed E-state index contributed by atoms with van der Waals surface area (Å²) < 4.78 is 2.38. The molecule has 170 valence electrons. The van der Waals surface area contributed by atoms with Crippen LogP contribution >= 0.6 is 0 Å². The Labute approximate surface area is 199 Å². The predicted octanol–water partition coefficient (Wildman–Crippen LogP) is 6.31. The number of pyridine rings is 1. The normalized spacial score (nSPS) is 18.5. The van der Waals surface area contributed by atoms with Gasteiger partial charge in [-0.1, -0.05) is 42.5 Å². The van der Waals surface area contributed by atoms with E-state index in [1.807, 2.05) is 12.3 Å². The number of rotatable bonds is 4. The molecule has 5 aromatic rings. The highest BCUT2D eigenvalue weighted by molar-refractivity contribution is 5.97. The molecular formula is C29H29N5. The van der Waals surface area contributed by atoms with Gasteiger partial charge in [-0.3, -0.25) is 0 Å². The molecule has 3 heterocycles. The fraction of sp³-hybridized carbons (Fsp3) is 0.276. The van der Waals surface area contributed by atoms with Crippen LogP contribution in [0, 0.1) is 12.8 Å². The van der Waals surface area contributed by atoms with Crippen LogP contribution in [-0.2, 0) is 0 Å². The summed E-state index contributed by atoms with van der Waals surface area (Å²) in [4.78, 5) is 14.1. The van der Waals surface area contributed by atoms with E-state index in [0.717, 1.165) is 52.8 Å². The van der Waals surface area contributed by atoms with Gasteiger partial charge in [0.25, 0.3) is 0 Å². The van der Waals surface area contributed by atoms with E-state index in [-0.39, 0.29) is 0 Å². The third kappa shape index (κ3) is 3.66. The molecule has 0 radical (unpaired) electrons. The van der Waals surface area contributed by atoms with E-state index in [1.165, 1.54) is 29.4 Å². The van der Waals surface area contributed by atoms with Crippen molar-refractivity contribution >= 4 is 21.9 Å². The van der Waals surface area contributed by atoms with Gasteiger partial charge >= 0.3 is 0 Å². The van der Waals surface area contributed by atoms with Crippen molar-refractivity contribution in [2.45, 2.75) is 38.6 Å². The van der Waals surface area contributed by atoms with Gasteiger partial charge in [-0.2, -0.15) is 0 Å². The highest BCUT2D eigenvalue weighted by Crippen LogP contribution is 2.38. The summed E-state index contributed by atoms with van der Waals surface area (Å²) in [6.45, 7) is 2.95. The van der Waals surface area contributed by atoms with Crippen LogP contribution in [0.5, 0.6) is 0 Å². The van der Waals surface area contributed by atoms with E-state index in [9.17, 15) is 0 Å². The third-order valence-electron chi connectivity index (χ3n) is 7.43. The Morgan fingerprint density at radius 1 is 0.941 bits per heavy atom. The Hall–Kier alpha value is -3.57. The van der Waals surface area contributed by atoms with Crippen molar-refractivity contribution in [3.05, 3.63) is 78.9 Å². The largest absolute Gasteiger partial charge is 0.330 e. The molecule has 5 nitrogen and oxygen atoms in total. The Morgan fingerprint density at radius 2 is 1.76 bits per heavy atom. The standard InChI is InChI=1S/C29H29N5/c1-19-13-27(21-5-3-2-4-6-21)33-28-14-22(9-12-24(19)28)26-17-34(29-25(26)16-31-18-32-29)23-10-7-20(15-30)8-11-23/h2-6,9,12-14,16-18,20,23H,7-8,10-11,15,30H2,1H3. The lowest BCUT2D eigenvalue weighted by Gasteiger charge is -2.29. The van der Waals surface area contributed by atoms with Crippen LogP contribution in [0.3, 0.4) is 0 Å². The maximum Gasteiger partial charge on any atom is 0.144 e. The highest BCUT2D eigenvalue weighted by atomic mass is 15.1. The van der Waals surface area contributed by atoms with E-state index in [1.54, 1.807) is 6.33 Å². The summed E-state index contributed by atoms with van der Waals surface area (Å²) >= 11 is 0. The SMILES string of the molecule is Cc1cc(-c2ccccc2)nc2cc(-c3cn(C4CCC(CN)CC4)c4ncncc34)ccc12. The average Bonchev–Trinajstić information content (AvgIpc) is 3.29. The van der Waals surface area contributed by atoms with Gasteiger partial charge in [0.1, 0.15) is 12.0 Å². The Bertz CT molecular complexity index is 1460. The van der Waals surface area contributed by atoms with Crippen LogP contribution in [0.15, 0.2) is 73.3 Å². The van der Waals surface area contributed by atoms with E-state index in [4.69, 9.17) is 10.7 Å². The molecule has 0 bridgehead atoms. The van der Waals surface area contributed by atoms with Crippen molar-refractivity contribution in [1.82, 2.24) is 19.5 Å². The second kappa shape index (κ2) is 8.65. The highest BCUT2D eigenvalue weighted by Gasteiger charge is 2.24. The first-order valence-electron chi connectivity index (χ1n) is 12.2. The van der Waals surface area contributed by atoms with Crippen LogP contribution in [-0.4, -0.2) is 26.1 Å². The first-order chi connectivity index (χ1) is 16.7. The number of fused-ring (bicyclic) bond motifs is 2. The molecule has 0 unspecified atom stereocenters. The zero-order valence-electron chi connectivity index (χ0n) is 19.5. The van der Waals surface area contributed by atoms with Crippen molar-refractivity contribution in [3.63, 3.8) is 0 Å². The first kappa shape index (κ1) is 21.0. The molecule has 1 aliphatic carbocycles. The van der Waals surface area contributed by atoms with Gasteiger partial charge in [0.15, 0.2) is 0 Å². The molecule has 34 heavy (non-hydrogen) atoms. The molecule has 1 saturated carbocycles. The number of aryl methyl sites for hydroxylation is 1. The number of benzene rings is 2. The lowest BCUT2D eigenvalue weighted by Crippen LogP contribution is -2.23. The van der Waals surface area contributed by atoms with E-state index in [0.29, 0.717) is 12.0 Å². The number of nitrogens with two attached hydrogens (primary N) is 1. The summed E-state index contributed by atoms with van der Waals surface area (Å²) in [7, 11) is 0. The monoisotopic (exact) mass is 447 g/mol. The van der Waals surface area contributed by atoms with Crippen LogP contribution < -0.4 is 5.73 Å². The number of nitrogens with zero attached hydrogens (tertiary/aromatic N) is 4. The van der Waals surface area contributed by atoms with Crippen molar-refractivity contribution < 1.29 is 0 Å². The van der Waals surface area contributed by atoms with E-state index < -0.39 is 0 Å². The van der Waals surface area contributed by atoms with Gasteiger partial charge in [0.05, 0.1) is 11.2 Å². The predicted molar refractivity (Wildman–Crippen MR) is 138 cm³/mol. The molecule has 0 atom stereocenters. The van der Waals surface area contributed by atoms with Gasteiger partial charge in [-0.15, -0.1) is 0 Å². The third-order valence-corrected chi connectivity index (χ3v) is 7.43. The summed E-state index contributed by atoms with van der Waals surface area (Å²) in [5, 5.41) is 2.28. The van der Waals surface area contributed by atoms with Crippen LogP contribution in [0.25, 0.3) is 44.3 Å². The molecule has 3 aromatic heterocycles. The second-order valence-corrected chi connectivity index (χ2v) is 9.54. The van der Waals surface area contributed by atoms with Crippen LogP contribution in [0.2, 0.25) is 0 Å². The van der Waals surface area contributed by atoms with Crippen LogP contribution in [0.4, 0.5) is 0 Å². The maximum absolute atomic E-state index is 5.93. The Kier molecular flexibility index (Phi) is 5.34.